The van der Waals surface area contributed by atoms with Gasteiger partial charge in [-0.2, -0.15) is 13.2 Å². The van der Waals surface area contributed by atoms with Gasteiger partial charge in [0, 0.05) is 62.3 Å². The minimum absolute atomic E-state index is 0.0161. The van der Waals surface area contributed by atoms with Crippen LogP contribution in [0.15, 0.2) is 30.3 Å². The number of alkyl halides is 3. The average Bonchev–Trinajstić information content (AvgIpc) is 3.13. The van der Waals surface area contributed by atoms with Gasteiger partial charge in [-0.1, -0.05) is 0 Å². The Kier molecular flexibility index (Phi) is 11.3. The van der Waals surface area contributed by atoms with E-state index in [4.69, 9.17) is 10.5 Å². The van der Waals surface area contributed by atoms with E-state index in [1.807, 2.05) is 17.0 Å². The number of methoxy groups -OCH3 is 1. The topological polar surface area (TPSA) is 137 Å². The third-order valence-corrected chi connectivity index (χ3v) is 11.3. The molecule has 4 N–H and O–H groups in total. The lowest BCUT2D eigenvalue weighted by molar-refractivity contribution is -0.138. The van der Waals surface area contributed by atoms with Gasteiger partial charge in [-0.3, -0.25) is 9.69 Å². The minimum Gasteiger partial charge on any atom is -0.496 e. The molecule has 52 heavy (non-hydrogen) atoms. The van der Waals surface area contributed by atoms with Crippen LogP contribution >= 0.6 is 0 Å². The van der Waals surface area contributed by atoms with E-state index in [9.17, 15) is 27.9 Å². The number of fused-ring (bicyclic) bond motifs is 1. The van der Waals surface area contributed by atoms with Gasteiger partial charge in [0.05, 0.1) is 24.2 Å². The van der Waals surface area contributed by atoms with Crippen LogP contribution in [-0.4, -0.2) is 94.7 Å². The number of rotatable bonds is 9. The lowest BCUT2D eigenvalue weighted by Crippen LogP contribution is -2.51. The maximum Gasteiger partial charge on any atom is 0.416 e. The SMILES string of the molecule is COc1cc2nc(C)nc(N[C@H](C)c3cc(N)cc(C(F)(F)F)c3)c2cc1C1CCC(C(=O)N2CCN(CCC3CCN(C(=O)O)CC3)CC2)CC1. The third kappa shape index (κ3) is 8.65. The number of nitrogens with zero attached hydrogens (tertiary/aromatic N) is 5. The Labute approximate surface area is 302 Å². The van der Waals surface area contributed by atoms with Crippen molar-refractivity contribution in [2.24, 2.45) is 11.8 Å². The summed E-state index contributed by atoms with van der Waals surface area (Å²) in [5, 5.41) is 13.3. The first-order valence-corrected chi connectivity index (χ1v) is 18.4. The summed E-state index contributed by atoms with van der Waals surface area (Å²) in [6, 6.07) is 6.98. The van der Waals surface area contributed by atoms with E-state index in [1.54, 1.807) is 21.0 Å². The van der Waals surface area contributed by atoms with Gasteiger partial charge in [0.25, 0.3) is 0 Å². The number of piperazine rings is 1. The number of hydrogen-bond acceptors (Lipinski definition) is 8. The van der Waals surface area contributed by atoms with Crippen molar-refractivity contribution < 1.29 is 32.6 Å². The Bertz CT molecular complexity index is 1750. The molecule has 1 aromatic heterocycles. The Morgan fingerprint density at radius 1 is 0.962 bits per heavy atom. The molecule has 2 aliphatic heterocycles. The molecule has 11 nitrogen and oxygen atoms in total. The van der Waals surface area contributed by atoms with Crippen LogP contribution in [-0.2, 0) is 11.0 Å². The number of carbonyl (C=O) groups is 2. The Morgan fingerprint density at radius 3 is 2.29 bits per heavy atom. The first kappa shape index (κ1) is 37.4. The number of piperidine rings is 1. The van der Waals surface area contributed by atoms with Crippen LogP contribution < -0.4 is 15.8 Å². The number of nitrogens with two attached hydrogens (primary N) is 1. The molecule has 0 unspecified atom stereocenters. The molecule has 14 heteroatoms. The molecule has 2 amide bonds. The molecule has 0 spiro atoms. The number of carboxylic acid groups (broad SMARTS) is 1. The fourth-order valence-corrected chi connectivity index (χ4v) is 8.15. The normalized spacial score (nSPS) is 21.3. The van der Waals surface area contributed by atoms with Crippen LogP contribution in [0.5, 0.6) is 5.75 Å². The monoisotopic (exact) mass is 725 g/mol. The van der Waals surface area contributed by atoms with Crippen molar-refractivity contribution in [3.8, 4) is 5.75 Å². The molecule has 2 aromatic carbocycles. The number of carbonyl (C=O) groups excluding carboxylic acids is 1. The van der Waals surface area contributed by atoms with Crippen LogP contribution in [0.1, 0.15) is 86.3 Å². The van der Waals surface area contributed by atoms with Crippen LogP contribution in [0.2, 0.25) is 0 Å². The smallest absolute Gasteiger partial charge is 0.416 e. The molecule has 3 fully saturated rings. The summed E-state index contributed by atoms with van der Waals surface area (Å²) in [7, 11) is 1.63. The van der Waals surface area contributed by atoms with Gasteiger partial charge >= 0.3 is 12.3 Å². The Hall–Kier alpha value is -4.33. The predicted octanol–water partition coefficient (Wildman–Crippen LogP) is 6.92. The number of aryl methyl sites for hydroxylation is 1. The molecule has 3 heterocycles. The number of aromatic nitrogens is 2. The van der Waals surface area contributed by atoms with E-state index in [-0.39, 0.29) is 23.4 Å². The van der Waals surface area contributed by atoms with Crippen molar-refractivity contribution in [1.29, 1.82) is 0 Å². The Morgan fingerprint density at radius 2 is 1.65 bits per heavy atom. The number of benzene rings is 2. The number of likely N-dealkylation sites (tertiary alicyclic amines) is 1. The maximum atomic E-state index is 13.6. The van der Waals surface area contributed by atoms with E-state index >= 15 is 0 Å². The number of hydrogen-bond donors (Lipinski definition) is 3. The number of amides is 2. The fourth-order valence-electron chi connectivity index (χ4n) is 8.15. The molecule has 3 aromatic rings. The molecule has 3 aliphatic rings. The van der Waals surface area contributed by atoms with Crippen molar-refractivity contribution in [2.45, 2.75) is 76.9 Å². The summed E-state index contributed by atoms with van der Waals surface area (Å²) in [5.41, 5.74) is 7.15. The number of nitrogens with one attached hydrogen (secondary N) is 1. The van der Waals surface area contributed by atoms with Gasteiger partial charge in [0.1, 0.15) is 17.4 Å². The van der Waals surface area contributed by atoms with Crippen LogP contribution in [0.25, 0.3) is 10.9 Å². The number of nitrogen functional groups attached to an aromatic ring is 1. The summed E-state index contributed by atoms with van der Waals surface area (Å²) < 4.78 is 46.4. The first-order valence-electron chi connectivity index (χ1n) is 18.4. The van der Waals surface area contributed by atoms with Gasteiger partial charge < -0.3 is 30.7 Å². The largest absolute Gasteiger partial charge is 0.496 e. The highest BCUT2D eigenvalue weighted by Crippen LogP contribution is 2.43. The second-order valence-corrected chi connectivity index (χ2v) is 14.7. The Balaban J connectivity index is 1.07. The molecule has 2 saturated heterocycles. The van der Waals surface area contributed by atoms with Gasteiger partial charge in [0.15, 0.2) is 0 Å². The average molecular weight is 726 g/mol. The van der Waals surface area contributed by atoms with Gasteiger partial charge in [-0.15, -0.1) is 0 Å². The highest BCUT2D eigenvalue weighted by molar-refractivity contribution is 5.91. The predicted molar refractivity (Wildman–Crippen MR) is 193 cm³/mol. The van der Waals surface area contributed by atoms with Crippen LogP contribution in [0.4, 0.5) is 29.5 Å². The molecular weight excluding hydrogens is 675 g/mol. The van der Waals surface area contributed by atoms with E-state index in [0.29, 0.717) is 47.5 Å². The molecule has 0 radical (unpaired) electrons. The van der Waals surface area contributed by atoms with Crippen molar-refractivity contribution >= 4 is 34.4 Å². The zero-order valence-electron chi connectivity index (χ0n) is 30.2. The second-order valence-electron chi connectivity index (χ2n) is 14.7. The third-order valence-electron chi connectivity index (χ3n) is 11.3. The lowest BCUT2D eigenvalue weighted by Gasteiger charge is -2.39. The highest BCUT2D eigenvalue weighted by Gasteiger charge is 2.34. The van der Waals surface area contributed by atoms with E-state index in [0.717, 1.165) is 101 Å². The molecule has 6 rings (SSSR count). The number of anilines is 2. The summed E-state index contributed by atoms with van der Waals surface area (Å²) in [4.78, 5) is 40.1. The molecule has 0 bridgehead atoms. The van der Waals surface area contributed by atoms with Gasteiger partial charge in [-0.25, -0.2) is 14.8 Å². The summed E-state index contributed by atoms with van der Waals surface area (Å²) in [6.45, 7) is 8.95. The molecule has 1 atom stereocenters. The van der Waals surface area contributed by atoms with Crippen molar-refractivity contribution in [3.63, 3.8) is 0 Å². The second kappa shape index (κ2) is 15.7. The van der Waals surface area contributed by atoms with Crippen LogP contribution in [0, 0.1) is 18.8 Å². The molecule has 282 valence electrons. The summed E-state index contributed by atoms with van der Waals surface area (Å²) in [5.74, 6) is 2.69. The maximum absolute atomic E-state index is 13.6. The number of halogens is 3. The zero-order chi connectivity index (χ0) is 37.2. The van der Waals surface area contributed by atoms with Crippen LogP contribution in [0.3, 0.4) is 0 Å². The molecular formula is C38H50F3N7O4. The summed E-state index contributed by atoms with van der Waals surface area (Å²) in [6.07, 6.45) is 0.780. The zero-order valence-corrected chi connectivity index (χ0v) is 30.2. The molecule has 1 aliphatic carbocycles. The van der Waals surface area contributed by atoms with Gasteiger partial charge in [0.2, 0.25) is 5.91 Å². The fraction of sp³-hybridized carbons (Fsp3) is 0.579. The molecule has 1 saturated carbocycles. The summed E-state index contributed by atoms with van der Waals surface area (Å²) >= 11 is 0. The van der Waals surface area contributed by atoms with Crippen molar-refractivity contribution in [3.05, 3.63) is 52.8 Å². The van der Waals surface area contributed by atoms with Crippen molar-refractivity contribution in [1.82, 2.24) is 24.7 Å². The highest BCUT2D eigenvalue weighted by atomic mass is 19.4. The minimum atomic E-state index is -4.52. The standard InChI is InChI=1S/C38H50F3N7O4/c1-23(28-18-29(38(39,40)41)20-30(42)19-28)43-35-32-21-31(34(52-3)22-33(32)44-24(2)45-35)26-4-6-27(7-5-26)36(49)47-16-14-46(15-17-47)11-8-25-9-12-48(13-10-25)37(50)51/h18-23,25-27H,4-17,42H2,1-3H3,(H,50,51)(H,43,44,45)/t23-,26?,27?/m1/s1. The quantitative estimate of drug-likeness (QED) is 0.201. The van der Waals surface area contributed by atoms with E-state index in [1.165, 1.54) is 11.0 Å². The lowest BCUT2D eigenvalue weighted by atomic mass is 9.77. The van der Waals surface area contributed by atoms with E-state index < -0.39 is 23.9 Å². The first-order chi connectivity index (χ1) is 24.8. The number of ether oxygens (including phenoxy) is 1. The van der Waals surface area contributed by atoms with Gasteiger partial charge in [-0.05, 0) is 113 Å². The van der Waals surface area contributed by atoms with Crippen molar-refractivity contribution in [2.75, 3.05) is 64.0 Å². The van der Waals surface area contributed by atoms with E-state index in [2.05, 4.69) is 20.2 Å².